The molecule has 0 saturated carbocycles. The van der Waals surface area contributed by atoms with E-state index in [0.717, 1.165) is 11.8 Å². The van der Waals surface area contributed by atoms with Crippen molar-refractivity contribution in [3.05, 3.63) is 57.0 Å². The summed E-state index contributed by atoms with van der Waals surface area (Å²) in [5, 5.41) is 14.1. The molecule has 5 nitrogen and oxygen atoms in total. The number of halogens is 1. The molecule has 92 valence electrons. The molecule has 0 spiro atoms. The van der Waals surface area contributed by atoms with Crippen molar-refractivity contribution in [2.75, 3.05) is 14.1 Å². The standard InChI is InChI=1S/C11H14ClN3O2/c1-14(2)11(8-15(16)17)13-7-9-3-5-10(12)6-4-9/h3-6,8,13H,7H2,1-2H3/b11-8+. The van der Waals surface area contributed by atoms with Crippen molar-refractivity contribution in [1.82, 2.24) is 10.2 Å². The maximum absolute atomic E-state index is 10.4. The fraction of sp³-hybridized carbons (Fsp3) is 0.273. The zero-order chi connectivity index (χ0) is 12.8. The Morgan fingerprint density at radius 3 is 2.53 bits per heavy atom. The van der Waals surface area contributed by atoms with Crippen molar-refractivity contribution < 1.29 is 4.92 Å². The Kier molecular flexibility index (Phi) is 4.78. The number of rotatable bonds is 5. The van der Waals surface area contributed by atoms with Gasteiger partial charge in [0, 0.05) is 25.7 Å². The minimum absolute atomic E-state index is 0.449. The fourth-order valence-electron chi connectivity index (χ4n) is 1.21. The van der Waals surface area contributed by atoms with Gasteiger partial charge in [0.25, 0.3) is 6.20 Å². The smallest absolute Gasteiger partial charge is 0.274 e. The second-order valence-corrected chi connectivity index (χ2v) is 4.11. The summed E-state index contributed by atoms with van der Waals surface area (Å²) in [6.07, 6.45) is 0.940. The summed E-state index contributed by atoms with van der Waals surface area (Å²) in [5.74, 6) is 0.449. The number of hydrogen-bond donors (Lipinski definition) is 1. The molecular formula is C11H14ClN3O2. The minimum atomic E-state index is -0.482. The third kappa shape index (κ3) is 4.74. The maximum atomic E-state index is 10.4. The van der Waals surface area contributed by atoms with Gasteiger partial charge in [0.1, 0.15) is 0 Å². The van der Waals surface area contributed by atoms with Crippen LogP contribution < -0.4 is 5.32 Å². The number of nitro groups is 1. The van der Waals surface area contributed by atoms with E-state index in [1.165, 1.54) is 0 Å². The average Bonchev–Trinajstić information content (AvgIpc) is 2.25. The van der Waals surface area contributed by atoms with E-state index in [2.05, 4.69) is 5.32 Å². The summed E-state index contributed by atoms with van der Waals surface area (Å²) in [7, 11) is 3.48. The van der Waals surface area contributed by atoms with Gasteiger partial charge in [0.2, 0.25) is 0 Å². The molecule has 1 aromatic rings. The molecule has 0 radical (unpaired) electrons. The molecule has 0 heterocycles. The molecule has 0 aliphatic heterocycles. The normalized spacial score (nSPS) is 11.1. The van der Waals surface area contributed by atoms with Crippen molar-refractivity contribution >= 4 is 11.6 Å². The Hall–Kier alpha value is -1.75. The van der Waals surface area contributed by atoms with Crippen LogP contribution in [-0.4, -0.2) is 23.9 Å². The third-order valence-corrected chi connectivity index (χ3v) is 2.35. The van der Waals surface area contributed by atoms with Crippen LogP contribution in [0.2, 0.25) is 5.02 Å². The molecule has 6 heteroatoms. The molecule has 0 amide bonds. The quantitative estimate of drug-likeness (QED) is 0.646. The first-order chi connectivity index (χ1) is 7.99. The van der Waals surface area contributed by atoms with Crippen LogP contribution >= 0.6 is 11.6 Å². The van der Waals surface area contributed by atoms with Crippen molar-refractivity contribution in [1.29, 1.82) is 0 Å². The molecule has 0 atom stereocenters. The highest BCUT2D eigenvalue weighted by atomic mass is 35.5. The van der Waals surface area contributed by atoms with E-state index in [1.54, 1.807) is 31.1 Å². The largest absolute Gasteiger partial charge is 0.363 e. The zero-order valence-corrected chi connectivity index (χ0v) is 10.4. The van der Waals surface area contributed by atoms with Crippen LogP contribution in [0.4, 0.5) is 0 Å². The SMILES string of the molecule is CN(C)/C(=C/[N+](=O)[O-])NCc1ccc(Cl)cc1. The third-order valence-electron chi connectivity index (χ3n) is 2.10. The maximum Gasteiger partial charge on any atom is 0.274 e. The Morgan fingerprint density at radius 1 is 1.47 bits per heavy atom. The lowest BCUT2D eigenvalue weighted by Gasteiger charge is -2.16. The minimum Gasteiger partial charge on any atom is -0.363 e. The molecule has 0 saturated heterocycles. The van der Waals surface area contributed by atoms with Gasteiger partial charge in [0.15, 0.2) is 5.82 Å². The van der Waals surface area contributed by atoms with E-state index < -0.39 is 4.92 Å². The lowest BCUT2D eigenvalue weighted by atomic mass is 10.2. The van der Waals surface area contributed by atoms with Gasteiger partial charge < -0.3 is 10.2 Å². The summed E-state index contributed by atoms with van der Waals surface area (Å²) >= 11 is 5.76. The van der Waals surface area contributed by atoms with Gasteiger partial charge in [-0.05, 0) is 17.7 Å². The van der Waals surface area contributed by atoms with Gasteiger partial charge in [-0.1, -0.05) is 23.7 Å². The Balaban J connectivity index is 2.64. The van der Waals surface area contributed by atoms with Gasteiger partial charge in [-0.2, -0.15) is 0 Å². The Bertz CT molecular complexity index is 415. The van der Waals surface area contributed by atoms with E-state index in [1.807, 2.05) is 12.1 Å². The molecule has 0 bridgehead atoms. The zero-order valence-electron chi connectivity index (χ0n) is 9.68. The Labute approximate surface area is 105 Å². The number of hydrogen-bond acceptors (Lipinski definition) is 4. The molecular weight excluding hydrogens is 242 g/mol. The summed E-state index contributed by atoms with van der Waals surface area (Å²) < 4.78 is 0. The van der Waals surface area contributed by atoms with Crippen LogP contribution in [-0.2, 0) is 6.54 Å². The fourth-order valence-corrected chi connectivity index (χ4v) is 1.34. The second-order valence-electron chi connectivity index (χ2n) is 3.67. The van der Waals surface area contributed by atoms with Crippen LogP contribution in [0, 0.1) is 10.1 Å². The highest BCUT2D eigenvalue weighted by Gasteiger charge is 2.04. The van der Waals surface area contributed by atoms with E-state index in [9.17, 15) is 10.1 Å². The lowest BCUT2D eigenvalue weighted by molar-refractivity contribution is -0.404. The van der Waals surface area contributed by atoms with Gasteiger partial charge in [-0.3, -0.25) is 10.1 Å². The first-order valence-electron chi connectivity index (χ1n) is 5.00. The molecule has 0 unspecified atom stereocenters. The Morgan fingerprint density at radius 2 is 2.06 bits per heavy atom. The summed E-state index contributed by atoms with van der Waals surface area (Å²) in [4.78, 5) is 11.6. The van der Waals surface area contributed by atoms with E-state index in [0.29, 0.717) is 17.4 Å². The van der Waals surface area contributed by atoms with Crippen LogP contribution in [0.25, 0.3) is 0 Å². The predicted octanol–water partition coefficient (Wildman–Crippen LogP) is 2.07. The summed E-state index contributed by atoms with van der Waals surface area (Å²) in [6.45, 7) is 0.509. The van der Waals surface area contributed by atoms with Crippen molar-refractivity contribution in [2.45, 2.75) is 6.54 Å². The number of benzene rings is 1. The van der Waals surface area contributed by atoms with Gasteiger partial charge in [-0.25, -0.2) is 0 Å². The van der Waals surface area contributed by atoms with Crippen LogP contribution in [0.15, 0.2) is 36.3 Å². The average molecular weight is 256 g/mol. The lowest BCUT2D eigenvalue weighted by Crippen LogP contribution is -2.26. The van der Waals surface area contributed by atoms with Crippen LogP contribution in [0.5, 0.6) is 0 Å². The van der Waals surface area contributed by atoms with Crippen LogP contribution in [0.3, 0.4) is 0 Å². The number of nitrogens with one attached hydrogen (secondary N) is 1. The molecule has 1 aromatic carbocycles. The molecule has 0 fully saturated rings. The van der Waals surface area contributed by atoms with E-state index in [-0.39, 0.29) is 0 Å². The van der Waals surface area contributed by atoms with Crippen LogP contribution in [0.1, 0.15) is 5.56 Å². The summed E-state index contributed by atoms with van der Waals surface area (Å²) in [5.41, 5.74) is 1.01. The summed E-state index contributed by atoms with van der Waals surface area (Å²) in [6, 6.07) is 7.31. The molecule has 1 rings (SSSR count). The second kappa shape index (κ2) is 6.10. The highest BCUT2D eigenvalue weighted by molar-refractivity contribution is 6.30. The van der Waals surface area contributed by atoms with Gasteiger partial charge in [-0.15, -0.1) is 0 Å². The predicted molar refractivity (Wildman–Crippen MR) is 67.1 cm³/mol. The van der Waals surface area contributed by atoms with Gasteiger partial charge in [0.05, 0.1) is 4.92 Å². The highest BCUT2D eigenvalue weighted by Crippen LogP contribution is 2.09. The first kappa shape index (κ1) is 13.3. The first-order valence-corrected chi connectivity index (χ1v) is 5.38. The molecule has 1 N–H and O–H groups in total. The molecule has 0 aliphatic rings. The monoisotopic (exact) mass is 255 g/mol. The van der Waals surface area contributed by atoms with Crippen molar-refractivity contribution in [3.63, 3.8) is 0 Å². The van der Waals surface area contributed by atoms with E-state index in [4.69, 9.17) is 11.6 Å². The van der Waals surface area contributed by atoms with Crippen molar-refractivity contribution in [3.8, 4) is 0 Å². The molecule has 0 aromatic heterocycles. The van der Waals surface area contributed by atoms with Gasteiger partial charge >= 0.3 is 0 Å². The van der Waals surface area contributed by atoms with Crippen molar-refractivity contribution in [2.24, 2.45) is 0 Å². The molecule has 0 aliphatic carbocycles. The molecule has 17 heavy (non-hydrogen) atoms. The van der Waals surface area contributed by atoms with E-state index >= 15 is 0 Å². The number of nitrogens with zero attached hydrogens (tertiary/aromatic N) is 2. The topological polar surface area (TPSA) is 58.4 Å².